The summed E-state index contributed by atoms with van der Waals surface area (Å²) < 4.78 is 83.2. The fraction of sp³-hybridized carbons (Fsp3) is 0.429. The van der Waals surface area contributed by atoms with Gasteiger partial charge in [-0.05, 0) is 80.5 Å². The Balaban J connectivity index is 1.43. The van der Waals surface area contributed by atoms with E-state index in [2.05, 4.69) is 16.0 Å². The van der Waals surface area contributed by atoms with Crippen LogP contribution in [0.25, 0.3) is 0 Å². The number of carbonyl (C=O) groups is 2. The maximum Gasteiger partial charge on any atom is 0.407 e. The van der Waals surface area contributed by atoms with Crippen molar-refractivity contribution in [2.45, 2.75) is 61.5 Å². The molecule has 0 unspecified atom stereocenters. The number of piperazine rings is 1. The molecule has 3 aromatic rings. The topological polar surface area (TPSA) is 126 Å². The van der Waals surface area contributed by atoms with E-state index < -0.39 is 57.5 Å². The molecule has 2 aliphatic rings. The molecular weight excluding hydrogens is 661 g/mol. The maximum absolute atomic E-state index is 15.5. The summed E-state index contributed by atoms with van der Waals surface area (Å²) in [7, 11) is -2.73. The number of ether oxygens (including phenoxy) is 2. The molecule has 0 aromatic heterocycles. The van der Waals surface area contributed by atoms with Gasteiger partial charge in [-0.25, -0.2) is 26.4 Å². The molecule has 3 aromatic carbocycles. The van der Waals surface area contributed by atoms with Crippen molar-refractivity contribution in [2.75, 3.05) is 38.7 Å². The largest absolute Gasteiger partial charge is 0.453 e. The van der Waals surface area contributed by atoms with Crippen LogP contribution in [0.1, 0.15) is 43.2 Å². The molecule has 0 saturated carbocycles. The zero-order valence-corrected chi connectivity index (χ0v) is 28.1. The number of benzene rings is 3. The fourth-order valence-electron chi connectivity index (χ4n) is 6.86. The molecule has 0 aliphatic carbocycles. The molecule has 3 N–H and O–H groups in total. The predicted octanol–water partition coefficient (Wildman–Crippen LogP) is 4.96. The third-order valence-electron chi connectivity index (χ3n) is 9.24. The maximum atomic E-state index is 15.5. The molecule has 5 rings (SSSR count). The third-order valence-corrected chi connectivity index (χ3v) is 11.3. The summed E-state index contributed by atoms with van der Waals surface area (Å²) in [5, 5.41) is 8.60. The van der Waals surface area contributed by atoms with Gasteiger partial charge in [-0.15, -0.1) is 0 Å². The van der Waals surface area contributed by atoms with Crippen LogP contribution < -0.4 is 16.0 Å². The second-order valence-electron chi connectivity index (χ2n) is 12.4. The number of anilines is 1. The highest BCUT2D eigenvalue weighted by Crippen LogP contribution is 2.37. The molecule has 49 heavy (non-hydrogen) atoms. The summed E-state index contributed by atoms with van der Waals surface area (Å²) >= 11 is 0. The van der Waals surface area contributed by atoms with Gasteiger partial charge in [-0.1, -0.05) is 30.3 Å². The zero-order chi connectivity index (χ0) is 35.1. The number of methoxy groups -OCH3 is 1. The molecule has 0 bridgehead atoms. The number of amides is 2. The molecule has 10 nitrogen and oxygen atoms in total. The summed E-state index contributed by atoms with van der Waals surface area (Å²) in [6.07, 6.45) is 0.355. The van der Waals surface area contributed by atoms with Gasteiger partial charge >= 0.3 is 6.09 Å². The highest BCUT2D eigenvalue weighted by Gasteiger charge is 2.40. The van der Waals surface area contributed by atoms with Crippen LogP contribution >= 0.6 is 0 Å². The van der Waals surface area contributed by atoms with Gasteiger partial charge in [-0.3, -0.25) is 4.79 Å². The van der Waals surface area contributed by atoms with E-state index in [9.17, 15) is 26.8 Å². The minimum atomic E-state index is -3.86. The number of nitrogens with one attached hydrogen (secondary N) is 3. The van der Waals surface area contributed by atoms with Crippen molar-refractivity contribution in [1.29, 1.82) is 0 Å². The number of hydrogen-bond donors (Lipinski definition) is 3. The Labute approximate surface area is 284 Å². The normalized spacial score (nSPS) is 20.3. The lowest BCUT2D eigenvalue weighted by Crippen LogP contribution is -2.58. The van der Waals surface area contributed by atoms with Gasteiger partial charge in [0, 0.05) is 55.6 Å². The molecular formula is C35H41F3N4O6S. The smallest absolute Gasteiger partial charge is 0.407 e. The Hall–Kier alpha value is -3.98. The van der Waals surface area contributed by atoms with Crippen molar-refractivity contribution in [1.82, 2.24) is 14.9 Å². The van der Waals surface area contributed by atoms with Crippen molar-refractivity contribution < 1.29 is 40.7 Å². The number of alkyl carbamates (subject to hydrolysis) is 1. The lowest BCUT2D eigenvalue weighted by atomic mass is 9.76. The fourth-order valence-corrected chi connectivity index (χ4v) is 8.73. The minimum Gasteiger partial charge on any atom is -0.453 e. The molecule has 0 spiro atoms. The highest BCUT2D eigenvalue weighted by molar-refractivity contribution is 7.89. The second-order valence-corrected chi connectivity index (χ2v) is 14.2. The van der Waals surface area contributed by atoms with Crippen molar-refractivity contribution in [3.63, 3.8) is 0 Å². The molecule has 2 aliphatic heterocycles. The van der Waals surface area contributed by atoms with Crippen LogP contribution in [0, 0.1) is 23.4 Å². The van der Waals surface area contributed by atoms with Crippen molar-refractivity contribution >= 4 is 27.7 Å². The number of halogens is 3. The number of sulfonamides is 1. The zero-order valence-electron chi connectivity index (χ0n) is 27.3. The molecule has 2 amide bonds. The van der Waals surface area contributed by atoms with Crippen LogP contribution in [0.15, 0.2) is 71.6 Å². The summed E-state index contributed by atoms with van der Waals surface area (Å²) in [5.41, 5.74) is 0.575. The van der Waals surface area contributed by atoms with Gasteiger partial charge < -0.3 is 25.4 Å². The van der Waals surface area contributed by atoms with E-state index in [1.807, 2.05) is 6.92 Å². The first kappa shape index (κ1) is 36.3. The number of hydrogen-bond acceptors (Lipinski definition) is 7. The van der Waals surface area contributed by atoms with Gasteiger partial charge in [0.15, 0.2) is 11.6 Å². The summed E-state index contributed by atoms with van der Waals surface area (Å²) in [5.74, 6) is -4.57. The van der Waals surface area contributed by atoms with E-state index in [-0.39, 0.29) is 40.9 Å². The molecule has 2 fully saturated rings. The predicted molar refractivity (Wildman–Crippen MR) is 177 cm³/mol. The van der Waals surface area contributed by atoms with E-state index >= 15 is 4.39 Å². The number of carbonyl (C=O) groups excluding carboxylic acids is 2. The van der Waals surface area contributed by atoms with Crippen molar-refractivity contribution in [3.8, 4) is 0 Å². The summed E-state index contributed by atoms with van der Waals surface area (Å²) in [6, 6.07) is 13.5. The van der Waals surface area contributed by atoms with Crippen molar-refractivity contribution in [3.05, 3.63) is 95.3 Å². The number of rotatable bonds is 11. The van der Waals surface area contributed by atoms with E-state index in [4.69, 9.17) is 9.47 Å². The van der Waals surface area contributed by atoms with Crippen LogP contribution in [0.3, 0.4) is 0 Å². The average molecular weight is 703 g/mol. The molecule has 14 heteroatoms. The molecule has 2 saturated heterocycles. The van der Waals surface area contributed by atoms with Crippen LogP contribution in [-0.2, 0) is 30.7 Å². The molecule has 0 radical (unpaired) electrons. The van der Waals surface area contributed by atoms with Crippen LogP contribution in [0.2, 0.25) is 0 Å². The quantitative estimate of drug-likeness (QED) is 0.258. The van der Waals surface area contributed by atoms with E-state index in [1.54, 1.807) is 30.3 Å². The van der Waals surface area contributed by atoms with Gasteiger partial charge in [0.25, 0.3) is 0 Å². The Bertz CT molecular complexity index is 1730. The Morgan fingerprint density at radius 1 is 0.980 bits per heavy atom. The molecule has 4 atom stereocenters. The van der Waals surface area contributed by atoms with Crippen LogP contribution in [-0.4, -0.2) is 76.3 Å². The molecule has 264 valence electrons. The minimum absolute atomic E-state index is 0.0732. The first-order valence-corrected chi connectivity index (χ1v) is 17.7. The lowest BCUT2D eigenvalue weighted by molar-refractivity contribution is -0.119. The second kappa shape index (κ2) is 16.2. The average Bonchev–Trinajstić information content (AvgIpc) is 3.09. The third kappa shape index (κ3) is 8.43. The summed E-state index contributed by atoms with van der Waals surface area (Å²) in [4.78, 5) is 26.9. The Morgan fingerprint density at radius 3 is 2.41 bits per heavy atom. The van der Waals surface area contributed by atoms with E-state index in [0.29, 0.717) is 44.7 Å². The van der Waals surface area contributed by atoms with Gasteiger partial charge in [0.05, 0.1) is 12.0 Å². The van der Waals surface area contributed by atoms with Gasteiger partial charge in [0.1, 0.15) is 11.9 Å². The lowest BCUT2D eigenvalue weighted by Gasteiger charge is -2.40. The number of nitrogens with zero attached hydrogens (tertiary/aromatic N) is 1. The van der Waals surface area contributed by atoms with E-state index in [1.165, 1.54) is 28.6 Å². The monoisotopic (exact) mass is 702 g/mol. The first-order valence-electron chi connectivity index (χ1n) is 16.3. The highest BCUT2D eigenvalue weighted by atomic mass is 32.2. The van der Waals surface area contributed by atoms with Gasteiger partial charge in [0.2, 0.25) is 15.9 Å². The van der Waals surface area contributed by atoms with Crippen LogP contribution in [0.5, 0.6) is 0 Å². The summed E-state index contributed by atoms with van der Waals surface area (Å²) in [6.45, 7) is 3.35. The van der Waals surface area contributed by atoms with Gasteiger partial charge in [-0.2, -0.15) is 4.31 Å². The Morgan fingerprint density at radius 2 is 1.71 bits per heavy atom. The Kier molecular flexibility index (Phi) is 12.0. The van der Waals surface area contributed by atoms with Crippen LogP contribution in [0.4, 0.5) is 23.7 Å². The standard InChI is InChI=1S/C35H41F3N4O6S/c1-22-20-39-21-25(42(22)49(45,46)26-7-4-3-5-8-26)12-13-27-28(36)9-6-10-31(27)40-34(43)33(41-35(44)47-2)32(23-15-17-48-18-16-23)24-11-14-29(37)30(38)19-24/h3-11,14,19,22-23,25,32-33,39H,12-13,15-18,20-21H2,1-2H3,(H,40,43)(H,41,44)/t22-,25-,32+,33-/m0/s1. The molecule has 2 heterocycles. The van der Waals surface area contributed by atoms with Crippen molar-refractivity contribution in [2.24, 2.45) is 5.92 Å². The SMILES string of the molecule is COC(=O)N[C@H](C(=O)Nc1cccc(F)c1CC[C@H]1CNC[C@H](C)N1S(=O)(=O)c1ccccc1)[C@@H](c1ccc(F)c(F)c1)C1CCOCC1. The first-order chi connectivity index (χ1) is 23.5. The van der Waals surface area contributed by atoms with E-state index in [0.717, 1.165) is 19.2 Å².